The van der Waals surface area contributed by atoms with Crippen LogP contribution in [0.25, 0.3) is 0 Å². The lowest BCUT2D eigenvalue weighted by molar-refractivity contribution is -0.102. The highest BCUT2D eigenvalue weighted by atomic mass is 16.7. The second kappa shape index (κ2) is 4.20. The molecule has 0 radical (unpaired) electrons. The zero-order chi connectivity index (χ0) is 8.10. The van der Waals surface area contributed by atoms with Gasteiger partial charge in [0.1, 0.15) is 6.26 Å². The van der Waals surface area contributed by atoms with Crippen LogP contribution in [-0.2, 0) is 14.2 Å². The summed E-state index contributed by atoms with van der Waals surface area (Å²) in [6.07, 6.45) is 1.25. The molecule has 0 bridgehead atoms. The zero-order valence-corrected chi connectivity index (χ0v) is 6.45. The third-order valence-corrected chi connectivity index (χ3v) is 1.22. The Morgan fingerprint density at radius 3 is 3.18 bits per heavy atom. The predicted molar refractivity (Wildman–Crippen MR) is 37.4 cm³/mol. The highest BCUT2D eigenvalue weighted by Gasteiger charge is 2.16. The van der Waals surface area contributed by atoms with Gasteiger partial charge in [-0.25, -0.2) is 0 Å². The van der Waals surface area contributed by atoms with Crippen LogP contribution in [0.4, 0.5) is 0 Å². The molecule has 0 amide bonds. The molecule has 1 aliphatic heterocycles. The predicted octanol–water partition coefficient (Wildman–Crippen LogP) is 0.577. The van der Waals surface area contributed by atoms with Crippen LogP contribution in [0, 0.1) is 0 Å². The van der Waals surface area contributed by atoms with Gasteiger partial charge in [0.2, 0.25) is 13.1 Å². The summed E-state index contributed by atoms with van der Waals surface area (Å²) >= 11 is 0. The highest BCUT2D eigenvalue weighted by Crippen LogP contribution is 2.11. The number of hydrogen-bond acceptors (Lipinski definition) is 4. The summed E-state index contributed by atoms with van der Waals surface area (Å²) < 4.78 is 14.6. The van der Waals surface area contributed by atoms with Crippen molar-refractivity contribution in [2.75, 3.05) is 13.4 Å². The Morgan fingerprint density at radius 2 is 2.64 bits per heavy atom. The molecule has 0 spiro atoms. The summed E-state index contributed by atoms with van der Waals surface area (Å²) in [5.41, 5.74) is 0. The normalized spacial score (nSPS) is 18.5. The molecule has 0 fully saturated rings. The molecule has 0 aromatic heterocycles. The van der Waals surface area contributed by atoms with Crippen molar-refractivity contribution in [1.82, 2.24) is 0 Å². The Bertz CT molecular complexity index is 143. The van der Waals surface area contributed by atoms with Gasteiger partial charge < -0.3 is 19.3 Å². The van der Waals surface area contributed by atoms with Gasteiger partial charge in [0.05, 0.1) is 0 Å². The Morgan fingerprint density at radius 1 is 1.82 bits per heavy atom. The minimum Gasteiger partial charge on any atom is -0.461 e. The molecule has 64 valence electrons. The first-order valence-electron chi connectivity index (χ1n) is 3.58. The van der Waals surface area contributed by atoms with E-state index in [0.29, 0.717) is 12.4 Å². The Labute approximate surface area is 65.4 Å². The van der Waals surface area contributed by atoms with Crippen molar-refractivity contribution in [3.05, 3.63) is 12.0 Å². The van der Waals surface area contributed by atoms with Crippen LogP contribution in [0.3, 0.4) is 0 Å². The summed E-state index contributed by atoms with van der Waals surface area (Å²) in [7, 11) is 0. The molecule has 4 nitrogen and oxygen atoms in total. The van der Waals surface area contributed by atoms with Gasteiger partial charge >= 0.3 is 0 Å². The second-order valence-corrected chi connectivity index (χ2v) is 2.17. The second-order valence-electron chi connectivity index (χ2n) is 2.17. The third kappa shape index (κ3) is 2.40. The van der Waals surface area contributed by atoms with Crippen LogP contribution in [0.15, 0.2) is 12.0 Å². The van der Waals surface area contributed by atoms with Crippen LogP contribution in [0.5, 0.6) is 0 Å². The van der Waals surface area contributed by atoms with Crippen molar-refractivity contribution in [1.29, 1.82) is 0 Å². The number of rotatable bonds is 4. The van der Waals surface area contributed by atoms with Crippen molar-refractivity contribution in [2.45, 2.75) is 19.6 Å². The molecule has 1 rings (SSSR count). The SMILES string of the molecule is CCCOC(O)C1=COCO1. The van der Waals surface area contributed by atoms with Crippen LogP contribution >= 0.6 is 0 Å². The molecule has 1 unspecified atom stereocenters. The van der Waals surface area contributed by atoms with Crippen molar-refractivity contribution in [3.8, 4) is 0 Å². The van der Waals surface area contributed by atoms with Crippen LogP contribution in [0.2, 0.25) is 0 Å². The van der Waals surface area contributed by atoms with Crippen molar-refractivity contribution < 1.29 is 19.3 Å². The Kier molecular flexibility index (Phi) is 3.19. The molecule has 0 saturated carbocycles. The molecular formula is C7H12O4. The molecule has 0 saturated heterocycles. The third-order valence-electron chi connectivity index (χ3n) is 1.22. The van der Waals surface area contributed by atoms with Crippen molar-refractivity contribution >= 4 is 0 Å². The van der Waals surface area contributed by atoms with Gasteiger partial charge in [0.25, 0.3) is 0 Å². The molecule has 1 aliphatic rings. The lowest BCUT2D eigenvalue weighted by Crippen LogP contribution is -2.15. The Balaban J connectivity index is 2.23. The van der Waals surface area contributed by atoms with Gasteiger partial charge in [0, 0.05) is 6.61 Å². The van der Waals surface area contributed by atoms with Crippen molar-refractivity contribution in [3.63, 3.8) is 0 Å². The minimum absolute atomic E-state index is 0.169. The lowest BCUT2D eigenvalue weighted by atomic mass is 10.5. The molecular weight excluding hydrogens is 148 g/mol. The largest absolute Gasteiger partial charge is 0.461 e. The average molecular weight is 160 g/mol. The van der Waals surface area contributed by atoms with E-state index in [1.165, 1.54) is 6.26 Å². The first-order valence-corrected chi connectivity index (χ1v) is 3.58. The van der Waals surface area contributed by atoms with Gasteiger partial charge in [-0.05, 0) is 6.42 Å². The van der Waals surface area contributed by atoms with E-state index in [1.54, 1.807) is 0 Å². The van der Waals surface area contributed by atoms with Crippen molar-refractivity contribution in [2.24, 2.45) is 0 Å². The van der Waals surface area contributed by atoms with E-state index in [4.69, 9.17) is 14.2 Å². The number of aliphatic hydroxyl groups is 1. The van der Waals surface area contributed by atoms with Crippen LogP contribution in [0.1, 0.15) is 13.3 Å². The molecule has 4 heteroatoms. The van der Waals surface area contributed by atoms with E-state index in [9.17, 15) is 5.11 Å². The first kappa shape index (κ1) is 8.36. The maximum atomic E-state index is 9.18. The van der Waals surface area contributed by atoms with Gasteiger partial charge in [-0.15, -0.1) is 0 Å². The van der Waals surface area contributed by atoms with Gasteiger partial charge in [0.15, 0.2) is 5.76 Å². The van der Waals surface area contributed by atoms with Crippen LogP contribution < -0.4 is 0 Å². The molecule has 0 aromatic carbocycles. The standard InChI is InChI=1S/C7H12O4/c1-2-3-10-7(8)6-4-9-5-11-6/h4,7-8H,2-3,5H2,1H3. The fraction of sp³-hybridized carbons (Fsp3) is 0.714. The molecule has 11 heavy (non-hydrogen) atoms. The summed E-state index contributed by atoms with van der Waals surface area (Å²) in [6, 6.07) is 0. The number of ether oxygens (including phenoxy) is 3. The summed E-state index contributed by atoms with van der Waals surface area (Å²) in [4.78, 5) is 0. The molecule has 0 aromatic rings. The zero-order valence-electron chi connectivity index (χ0n) is 6.45. The van der Waals surface area contributed by atoms with E-state index in [1.807, 2.05) is 6.92 Å². The molecule has 1 N–H and O–H groups in total. The molecule has 1 heterocycles. The van der Waals surface area contributed by atoms with E-state index < -0.39 is 6.29 Å². The number of hydrogen-bond donors (Lipinski definition) is 1. The minimum atomic E-state index is -0.975. The monoisotopic (exact) mass is 160 g/mol. The summed E-state index contributed by atoms with van der Waals surface area (Å²) in [5.74, 6) is 0.346. The topological polar surface area (TPSA) is 47.9 Å². The summed E-state index contributed by atoms with van der Waals surface area (Å²) in [6.45, 7) is 2.65. The van der Waals surface area contributed by atoms with E-state index in [-0.39, 0.29) is 6.79 Å². The smallest absolute Gasteiger partial charge is 0.230 e. The maximum absolute atomic E-state index is 9.18. The fourth-order valence-electron chi connectivity index (χ4n) is 0.693. The van der Waals surface area contributed by atoms with Gasteiger partial charge in [-0.3, -0.25) is 0 Å². The van der Waals surface area contributed by atoms with Gasteiger partial charge in [-0.1, -0.05) is 6.92 Å². The van der Waals surface area contributed by atoms with E-state index in [0.717, 1.165) is 6.42 Å². The lowest BCUT2D eigenvalue weighted by Gasteiger charge is -2.09. The summed E-state index contributed by atoms with van der Waals surface area (Å²) in [5, 5.41) is 9.18. The van der Waals surface area contributed by atoms with Gasteiger partial charge in [-0.2, -0.15) is 0 Å². The Hall–Kier alpha value is -0.740. The highest BCUT2D eigenvalue weighted by molar-refractivity contribution is 4.93. The number of aliphatic hydroxyl groups excluding tert-OH is 1. The molecule has 1 atom stereocenters. The van der Waals surface area contributed by atoms with E-state index >= 15 is 0 Å². The quantitative estimate of drug-likeness (QED) is 0.611. The maximum Gasteiger partial charge on any atom is 0.230 e. The molecule has 0 aliphatic carbocycles. The fourth-order valence-corrected chi connectivity index (χ4v) is 0.693. The van der Waals surface area contributed by atoms with E-state index in [2.05, 4.69) is 0 Å². The first-order chi connectivity index (χ1) is 5.34. The van der Waals surface area contributed by atoms with Crippen LogP contribution in [-0.4, -0.2) is 24.8 Å². The average Bonchev–Trinajstić information content (AvgIpc) is 2.52.